The highest BCUT2D eigenvalue weighted by Crippen LogP contribution is 2.08. The van der Waals surface area contributed by atoms with E-state index in [-0.39, 0.29) is 0 Å². The summed E-state index contributed by atoms with van der Waals surface area (Å²) in [5.74, 6) is 0.435. The van der Waals surface area contributed by atoms with Crippen LogP contribution < -0.4 is 4.89 Å². The average molecular weight is 158 g/mol. The van der Waals surface area contributed by atoms with Gasteiger partial charge in [0.15, 0.2) is 5.75 Å². The Hall–Kier alpha value is -1.14. The molecule has 0 aliphatic rings. The van der Waals surface area contributed by atoms with Gasteiger partial charge in [-0.1, -0.05) is 18.2 Å². The van der Waals surface area contributed by atoms with E-state index in [1.54, 1.807) is 24.3 Å². The topological polar surface area (TPSA) is 57.2 Å². The Labute approximate surface area is 62.4 Å². The number of rotatable bonds is 4. The van der Waals surface area contributed by atoms with Gasteiger partial charge in [-0.25, -0.2) is 5.26 Å². The van der Waals surface area contributed by atoms with E-state index in [9.17, 15) is 0 Å². The highest BCUT2D eigenvalue weighted by atomic mass is 17.8. The number of benzene rings is 1. The minimum Gasteiger partial charge on any atom is -0.306 e. The molecule has 60 valence electrons. The molecule has 1 aromatic carbocycles. The highest BCUT2D eigenvalue weighted by Gasteiger charge is 1.91. The molecule has 0 aliphatic heterocycles. The zero-order chi connectivity index (χ0) is 7.94. The van der Waals surface area contributed by atoms with Crippen molar-refractivity contribution in [1.82, 2.24) is 0 Å². The van der Waals surface area contributed by atoms with E-state index in [4.69, 9.17) is 5.26 Å². The van der Waals surface area contributed by atoms with Gasteiger partial charge in [0, 0.05) is 10.1 Å². The van der Waals surface area contributed by atoms with Gasteiger partial charge < -0.3 is 4.89 Å². The summed E-state index contributed by atoms with van der Waals surface area (Å²) >= 11 is 0. The molecule has 0 atom stereocenters. The number of hydrogen-bond acceptors (Lipinski definition) is 5. The molecule has 0 spiro atoms. The van der Waals surface area contributed by atoms with Crippen molar-refractivity contribution in [3.63, 3.8) is 0 Å². The molecule has 0 aromatic heterocycles. The summed E-state index contributed by atoms with van der Waals surface area (Å²) in [6.07, 6.45) is 0. The van der Waals surface area contributed by atoms with Crippen molar-refractivity contribution in [3.05, 3.63) is 30.3 Å². The van der Waals surface area contributed by atoms with Crippen molar-refractivity contribution in [1.29, 1.82) is 0 Å². The van der Waals surface area contributed by atoms with Crippen molar-refractivity contribution >= 4 is 0 Å². The molecule has 0 saturated carbocycles. The Morgan fingerprint density at radius 3 is 2.36 bits per heavy atom. The van der Waals surface area contributed by atoms with Crippen LogP contribution in [-0.2, 0) is 15.1 Å². The zero-order valence-corrected chi connectivity index (χ0v) is 5.47. The Morgan fingerprint density at radius 2 is 1.73 bits per heavy atom. The van der Waals surface area contributed by atoms with E-state index in [0.717, 1.165) is 0 Å². The van der Waals surface area contributed by atoms with Crippen LogP contribution >= 0.6 is 0 Å². The molecule has 11 heavy (non-hydrogen) atoms. The quantitative estimate of drug-likeness (QED) is 0.407. The van der Waals surface area contributed by atoms with Gasteiger partial charge in [-0.3, -0.25) is 0 Å². The molecule has 1 aromatic rings. The predicted octanol–water partition coefficient (Wildman–Crippen LogP) is 1.33. The predicted molar refractivity (Wildman–Crippen MR) is 33.0 cm³/mol. The van der Waals surface area contributed by atoms with Crippen LogP contribution in [-0.4, -0.2) is 5.26 Å². The minimum atomic E-state index is 0.435. The molecule has 0 amide bonds. The van der Waals surface area contributed by atoms with Gasteiger partial charge in [0.25, 0.3) is 0 Å². The fourth-order valence-corrected chi connectivity index (χ4v) is 0.542. The highest BCUT2D eigenvalue weighted by molar-refractivity contribution is 5.19. The molecule has 0 radical (unpaired) electrons. The van der Waals surface area contributed by atoms with Crippen molar-refractivity contribution < 1.29 is 25.3 Å². The molecule has 0 bridgehead atoms. The van der Waals surface area contributed by atoms with Gasteiger partial charge >= 0.3 is 0 Å². The third-order valence-electron chi connectivity index (χ3n) is 0.932. The summed E-state index contributed by atoms with van der Waals surface area (Å²) in [6, 6.07) is 8.59. The van der Waals surface area contributed by atoms with Crippen molar-refractivity contribution in [2.75, 3.05) is 0 Å². The molecular weight excluding hydrogens is 152 g/mol. The molecule has 0 heterocycles. The first-order valence-electron chi connectivity index (χ1n) is 2.80. The van der Waals surface area contributed by atoms with Gasteiger partial charge in [0.2, 0.25) is 0 Å². The van der Waals surface area contributed by atoms with E-state index < -0.39 is 0 Å². The van der Waals surface area contributed by atoms with Crippen LogP contribution in [0.3, 0.4) is 0 Å². The SMILES string of the molecule is OOOOOc1ccccc1. The number of para-hydroxylation sites is 1. The van der Waals surface area contributed by atoms with E-state index in [2.05, 4.69) is 20.0 Å². The molecule has 0 saturated heterocycles. The minimum absolute atomic E-state index is 0.435. The first kappa shape index (κ1) is 7.96. The molecule has 0 fully saturated rings. The second kappa shape index (κ2) is 4.64. The lowest BCUT2D eigenvalue weighted by atomic mass is 10.3. The molecule has 1 rings (SSSR count). The van der Waals surface area contributed by atoms with E-state index >= 15 is 0 Å². The third kappa shape index (κ3) is 2.96. The van der Waals surface area contributed by atoms with Crippen LogP contribution in [0.1, 0.15) is 0 Å². The lowest BCUT2D eigenvalue weighted by molar-refractivity contribution is -0.684. The summed E-state index contributed by atoms with van der Waals surface area (Å²) in [7, 11) is 0. The van der Waals surface area contributed by atoms with E-state index in [0.29, 0.717) is 5.75 Å². The largest absolute Gasteiger partial charge is 0.306 e. The molecule has 0 unspecified atom stereocenters. The maximum absolute atomic E-state index is 7.62. The fraction of sp³-hybridized carbons (Fsp3) is 0. The van der Waals surface area contributed by atoms with Crippen molar-refractivity contribution in [3.8, 4) is 5.75 Å². The molecule has 0 aliphatic carbocycles. The standard InChI is InChI=1S/C6H6O5/c7-9-11-10-8-6-4-2-1-3-5-6/h1-5,7H. The Morgan fingerprint density at radius 1 is 1.00 bits per heavy atom. The molecular formula is C6H6O5. The van der Waals surface area contributed by atoms with Gasteiger partial charge in [0.05, 0.1) is 0 Å². The smallest absolute Gasteiger partial charge is 0.168 e. The summed E-state index contributed by atoms with van der Waals surface area (Å²) in [5.41, 5.74) is 0. The lowest BCUT2D eigenvalue weighted by Crippen LogP contribution is -1.97. The normalized spacial score (nSPS) is 9.55. The van der Waals surface area contributed by atoms with Gasteiger partial charge in [-0.2, -0.15) is 0 Å². The Bertz CT molecular complexity index is 187. The third-order valence-corrected chi connectivity index (χ3v) is 0.932. The zero-order valence-electron chi connectivity index (χ0n) is 5.47. The molecule has 5 nitrogen and oxygen atoms in total. The Balaban J connectivity index is 2.28. The van der Waals surface area contributed by atoms with Crippen LogP contribution in [0, 0.1) is 0 Å². The van der Waals surface area contributed by atoms with Gasteiger partial charge in [-0.05, 0) is 17.2 Å². The van der Waals surface area contributed by atoms with Crippen LogP contribution in [0.15, 0.2) is 30.3 Å². The fourth-order valence-electron chi connectivity index (χ4n) is 0.542. The van der Waals surface area contributed by atoms with Crippen molar-refractivity contribution in [2.45, 2.75) is 0 Å². The average Bonchev–Trinajstić information content (AvgIpc) is 2.07. The first-order chi connectivity index (χ1) is 5.43. The monoisotopic (exact) mass is 158 g/mol. The van der Waals surface area contributed by atoms with Crippen molar-refractivity contribution in [2.24, 2.45) is 0 Å². The van der Waals surface area contributed by atoms with Crippen LogP contribution in [0.4, 0.5) is 0 Å². The van der Waals surface area contributed by atoms with E-state index in [1.165, 1.54) is 0 Å². The Kier molecular flexibility index (Phi) is 3.36. The molecule has 1 N–H and O–H groups in total. The second-order valence-corrected chi connectivity index (χ2v) is 1.61. The number of hydrogen-bond donors (Lipinski definition) is 1. The van der Waals surface area contributed by atoms with Crippen LogP contribution in [0.25, 0.3) is 0 Å². The summed E-state index contributed by atoms with van der Waals surface area (Å²) in [4.78, 5) is 4.44. The summed E-state index contributed by atoms with van der Waals surface area (Å²) in [6.45, 7) is 0. The van der Waals surface area contributed by atoms with E-state index in [1.807, 2.05) is 6.07 Å². The second-order valence-electron chi connectivity index (χ2n) is 1.61. The maximum atomic E-state index is 7.62. The van der Waals surface area contributed by atoms with Gasteiger partial charge in [-0.15, -0.1) is 0 Å². The maximum Gasteiger partial charge on any atom is 0.168 e. The van der Waals surface area contributed by atoms with Crippen LogP contribution in [0.5, 0.6) is 5.75 Å². The van der Waals surface area contributed by atoms with Gasteiger partial charge in [0.1, 0.15) is 0 Å². The first-order valence-corrected chi connectivity index (χ1v) is 2.80. The van der Waals surface area contributed by atoms with Crippen LogP contribution in [0.2, 0.25) is 0 Å². The molecule has 5 heteroatoms. The lowest BCUT2D eigenvalue weighted by Gasteiger charge is -1.97. The summed E-state index contributed by atoms with van der Waals surface area (Å²) < 4.78 is 0. The summed E-state index contributed by atoms with van der Waals surface area (Å²) in [5, 5.41) is 18.2.